The lowest BCUT2D eigenvalue weighted by Crippen LogP contribution is -2.08. The third-order valence-electron chi connectivity index (χ3n) is 2.63. The van der Waals surface area contributed by atoms with Crippen LogP contribution in [0, 0.1) is 5.82 Å². The molecular weight excluding hydrogens is 281 g/mol. The summed E-state index contributed by atoms with van der Waals surface area (Å²) in [7, 11) is 0. The Labute approximate surface area is 121 Å². The van der Waals surface area contributed by atoms with E-state index < -0.39 is 5.82 Å². The van der Waals surface area contributed by atoms with E-state index in [0.29, 0.717) is 16.5 Å². The van der Waals surface area contributed by atoms with Crippen LogP contribution in [0.1, 0.15) is 12.5 Å². The number of carbonyl (C=O) groups is 1. The fourth-order valence-corrected chi connectivity index (χ4v) is 1.92. The molecule has 104 valence electrons. The van der Waals surface area contributed by atoms with Crippen LogP contribution < -0.4 is 10.1 Å². The number of amides is 1. The first kappa shape index (κ1) is 14.3. The Hall–Kier alpha value is -2.07. The van der Waals surface area contributed by atoms with Crippen LogP contribution in [0.2, 0.25) is 5.02 Å². The SMILES string of the molecule is CC(=O)Nc1ccccc1OCc1c(F)cccc1Cl. The van der Waals surface area contributed by atoms with Gasteiger partial charge in [0.15, 0.2) is 0 Å². The lowest BCUT2D eigenvalue weighted by atomic mass is 10.2. The van der Waals surface area contributed by atoms with Crippen molar-refractivity contribution in [1.82, 2.24) is 0 Å². The van der Waals surface area contributed by atoms with Gasteiger partial charge in [0.05, 0.1) is 10.7 Å². The molecule has 0 bridgehead atoms. The summed E-state index contributed by atoms with van der Waals surface area (Å²) in [5.41, 5.74) is 0.819. The van der Waals surface area contributed by atoms with Crippen LogP contribution in [0.25, 0.3) is 0 Å². The Balaban J connectivity index is 2.17. The molecule has 0 aromatic heterocycles. The molecule has 0 fully saturated rings. The predicted molar refractivity (Wildman–Crippen MR) is 76.5 cm³/mol. The molecule has 2 rings (SSSR count). The van der Waals surface area contributed by atoms with Crippen molar-refractivity contribution in [3.63, 3.8) is 0 Å². The molecule has 2 aromatic rings. The minimum atomic E-state index is -0.422. The number of rotatable bonds is 4. The minimum Gasteiger partial charge on any atom is -0.487 e. The summed E-state index contributed by atoms with van der Waals surface area (Å²) in [5, 5.41) is 2.96. The monoisotopic (exact) mass is 293 g/mol. The van der Waals surface area contributed by atoms with Gasteiger partial charge >= 0.3 is 0 Å². The lowest BCUT2D eigenvalue weighted by molar-refractivity contribution is -0.114. The van der Waals surface area contributed by atoms with Gasteiger partial charge in [-0.1, -0.05) is 29.8 Å². The maximum absolute atomic E-state index is 13.6. The van der Waals surface area contributed by atoms with Crippen LogP contribution in [-0.2, 0) is 11.4 Å². The Bertz CT molecular complexity index is 611. The highest BCUT2D eigenvalue weighted by Crippen LogP contribution is 2.26. The van der Waals surface area contributed by atoms with E-state index in [-0.39, 0.29) is 18.1 Å². The number of benzene rings is 2. The van der Waals surface area contributed by atoms with Crippen molar-refractivity contribution in [3.8, 4) is 5.75 Å². The number of anilines is 1. The molecule has 0 spiro atoms. The normalized spacial score (nSPS) is 10.2. The van der Waals surface area contributed by atoms with Crippen LogP contribution in [-0.4, -0.2) is 5.91 Å². The van der Waals surface area contributed by atoms with Crippen LogP contribution >= 0.6 is 11.6 Å². The van der Waals surface area contributed by atoms with Gasteiger partial charge in [0.25, 0.3) is 0 Å². The quantitative estimate of drug-likeness (QED) is 0.925. The van der Waals surface area contributed by atoms with Crippen molar-refractivity contribution in [2.24, 2.45) is 0 Å². The molecule has 0 aliphatic heterocycles. The number of para-hydroxylation sites is 2. The summed E-state index contributed by atoms with van der Waals surface area (Å²) in [6.45, 7) is 1.40. The molecule has 0 aliphatic rings. The van der Waals surface area contributed by atoms with Gasteiger partial charge in [-0.25, -0.2) is 4.39 Å². The number of ether oxygens (including phenoxy) is 1. The smallest absolute Gasteiger partial charge is 0.221 e. The molecule has 3 nitrogen and oxygen atoms in total. The van der Waals surface area contributed by atoms with Crippen molar-refractivity contribution in [1.29, 1.82) is 0 Å². The Morgan fingerprint density at radius 2 is 2.00 bits per heavy atom. The van der Waals surface area contributed by atoms with Gasteiger partial charge in [-0.15, -0.1) is 0 Å². The standard InChI is InChI=1S/C15H13ClFNO2/c1-10(19)18-14-7-2-3-8-15(14)20-9-11-12(16)5-4-6-13(11)17/h2-8H,9H2,1H3,(H,18,19). The summed E-state index contributed by atoms with van der Waals surface area (Å²) >= 11 is 5.93. The van der Waals surface area contributed by atoms with Crippen LogP contribution in [0.3, 0.4) is 0 Å². The zero-order valence-corrected chi connectivity index (χ0v) is 11.6. The molecule has 1 N–H and O–H groups in total. The van der Waals surface area contributed by atoms with Gasteiger partial charge in [0.1, 0.15) is 18.2 Å². The first-order valence-electron chi connectivity index (χ1n) is 6.00. The fraction of sp³-hybridized carbons (Fsp3) is 0.133. The van der Waals surface area contributed by atoms with E-state index in [4.69, 9.17) is 16.3 Å². The third kappa shape index (κ3) is 3.48. The second-order valence-electron chi connectivity index (χ2n) is 4.17. The number of hydrogen-bond donors (Lipinski definition) is 1. The Kier molecular flexibility index (Phi) is 4.58. The second kappa shape index (κ2) is 6.39. The highest BCUT2D eigenvalue weighted by Gasteiger charge is 2.09. The Morgan fingerprint density at radius 1 is 1.25 bits per heavy atom. The number of halogens is 2. The highest BCUT2D eigenvalue weighted by atomic mass is 35.5. The van der Waals surface area contributed by atoms with E-state index in [1.807, 2.05) is 0 Å². The molecule has 0 saturated carbocycles. The summed E-state index contributed by atoms with van der Waals surface area (Å²) in [5.74, 6) is -0.165. The fourth-order valence-electron chi connectivity index (χ4n) is 1.71. The average Bonchev–Trinajstić information content (AvgIpc) is 2.39. The van der Waals surface area contributed by atoms with E-state index in [0.717, 1.165) is 0 Å². The van der Waals surface area contributed by atoms with E-state index in [1.54, 1.807) is 30.3 Å². The topological polar surface area (TPSA) is 38.3 Å². The maximum Gasteiger partial charge on any atom is 0.221 e. The highest BCUT2D eigenvalue weighted by molar-refractivity contribution is 6.31. The first-order chi connectivity index (χ1) is 9.58. The predicted octanol–water partition coefficient (Wildman–Crippen LogP) is 4.02. The molecule has 5 heteroatoms. The van der Waals surface area contributed by atoms with E-state index >= 15 is 0 Å². The van der Waals surface area contributed by atoms with Gasteiger partial charge in [0.2, 0.25) is 5.91 Å². The molecule has 0 atom stereocenters. The molecule has 0 aliphatic carbocycles. The van der Waals surface area contributed by atoms with Crippen molar-refractivity contribution >= 4 is 23.2 Å². The zero-order valence-electron chi connectivity index (χ0n) is 10.8. The summed E-state index contributed by atoms with van der Waals surface area (Å²) in [6, 6.07) is 11.4. The van der Waals surface area contributed by atoms with Crippen LogP contribution in [0.5, 0.6) is 5.75 Å². The molecule has 1 amide bonds. The summed E-state index contributed by atoms with van der Waals surface area (Å²) in [6.07, 6.45) is 0. The van der Waals surface area contributed by atoms with Crippen molar-refractivity contribution in [3.05, 3.63) is 58.9 Å². The summed E-state index contributed by atoms with van der Waals surface area (Å²) in [4.78, 5) is 11.1. The molecular formula is C15H13ClFNO2. The molecule has 20 heavy (non-hydrogen) atoms. The largest absolute Gasteiger partial charge is 0.487 e. The van der Waals surface area contributed by atoms with Crippen LogP contribution in [0.4, 0.5) is 10.1 Å². The Morgan fingerprint density at radius 3 is 2.70 bits per heavy atom. The average molecular weight is 294 g/mol. The van der Waals surface area contributed by atoms with E-state index in [1.165, 1.54) is 19.1 Å². The zero-order chi connectivity index (χ0) is 14.5. The molecule has 0 heterocycles. The third-order valence-corrected chi connectivity index (χ3v) is 2.99. The van der Waals surface area contributed by atoms with E-state index in [2.05, 4.69) is 5.32 Å². The van der Waals surface area contributed by atoms with Crippen molar-refractivity contribution in [2.75, 3.05) is 5.32 Å². The van der Waals surface area contributed by atoms with Gasteiger partial charge in [-0.3, -0.25) is 4.79 Å². The molecule has 2 aromatic carbocycles. The lowest BCUT2D eigenvalue weighted by Gasteiger charge is -2.12. The van der Waals surface area contributed by atoms with Gasteiger partial charge in [-0.05, 0) is 24.3 Å². The number of hydrogen-bond acceptors (Lipinski definition) is 2. The summed E-state index contributed by atoms with van der Waals surface area (Å²) < 4.78 is 19.2. The molecule has 0 saturated heterocycles. The van der Waals surface area contributed by atoms with Gasteiger partial charge in [0, 0.05) is 12.5 Å². The van der Waals surface area contributed by atoms with Crippen molar-refractivity contribution < 1.29 is 13.9 Å². The van der Waals surface area contributed by atoms with Crippen molar-refractivity contribution in [2.45, 2.75) is 13.5 Å². The van der Waals surface area contributed by atoms with Gasteiger partial charge in [-0.2, -0.15) is 0 Å². The van der Waals surface area contributed by atoms with Crippen LogP contribution in [0.15, 0.2) is 42.5 Å². The van der Waals surface area contributed by atoms with Gasteiger partial charge < -0.3 is 10.1 Å². The molecule has 0 radical (unpaired) electrons. The van der Waals surface area contributed by atoms with E-state index in [9.17, 15) is 9.18 Å². The molecule has 0 unspecified atom stereocenters. The second-order valence-corrected chi connectivity index (χ2v) is 4.57. The first-order valence-corrected chi connectivity index (χ1v) is 6.38. The number of carbonyl (C=O) groups excluding carboxylic acids is 1. The minimum absolute atomic E-state index is 0.0118. The number of nitrogens with one attached hydrogen (secondary N) is 1. The maximum atomic E-state index is 13.6.